The fourth-order valence-corrected chi connectivity index (χ4v) is 3.17. The Hall–Kier alpha value is -2.44. The van der Waals surface area contributed by atoms with E-state index in [1.165, 1.54) is 4.90 Å². The van der Waals surface area contributed by atoms with Gasteiger partial charge in [-0.05, 0) is 25.3 Å². The molecule has 1 atom stereocenters. The first-order valence-corrected chi connectivity index (χ1v) is 7.82. The molecule has 1 fully saturated rings. The van der Waals surface area contributed by atoms with Gasteiger partial charge in [0, 0.05) is 33.8 Å². The Labute approximate surface area is 134 Å². The van der Waals surface area contributed by atoms with Crippen molar-refractivity contribution in [3.8, 4) is 0 Å². The summed E-state index contributed by atoms with van der Waals surface area (Å²) in [4.78, 5) is 31.9. The molecule has 0 saturated carbocycles. The lowest BCUT2D eigenvalue weighted by Crippen LogP contribution is -2.37. The maximum Gasteiger partial charge on any atom is 0.258 e. The highest BCUT2D eigenvalue weighted by Gasteiger charge is 2.29. The molecule has 2 amide bonds. The molecule has 1 aliphatic rings. The predicted molar refractivity (Wildman–Crippen MR) is 85.0 cm³/mol. The van der Waals surface area contributed by atoms with Crippen LogP contribution in [0.5, 0.6) is 0 Å². The Kier molecular flexibility index (Phi) is 4.02. The Bertz CT molecular complexity index is 752. The van der Waals surface area contributed by atoms with Crippen LogP contribution in [0.2, 0.25) is 0 Å². The van der Waals surface area contributed by atoms with Crippen molar-refractivity contribution in [1.82, 2.24) is 24.4 Å². The molecule has 2 aromatic rings. The van der Waals surface area contributed by atoms with Crippen LogP contribution in [0.3, 0.4) is 0 Å². The van der Waals surface area contributed by atoms with Crippen molar-refractivity contribution in [1.29, 1.82) is 0 Å². The monoisotopic (exact) mass is 315 g/mol. The van der Waals surface area contributed by atoms with Crippen molar-refractivity contribution in [3.63, 3.8) is 0 Å². The van der Waals surface area contributed by atoms with E-state index in [4.69, 9.17) is 0 Å². The number of amides is 2. The van der Waals surface area contributed by atoms with Crippen LogP contribution >= 0.6 is 0 Å². The van der Waals surface area contributed by atoms with E-state index >= 15 is 0 Å². The molecule has 122 valence electrons. The van der Waals surface area contributed by atoms with Crippen LogP contribution in [0.15, 0.2) is 18.5 Å². The van der Waals surface area contributed by atoms with Crippen LogP contribution < -0.4 is 0 Å². The lowest BCUT2D eigenvalue weighted by atomic mass is 9.99. The first-order valence-electron chi connectivity index (χ1n) is 7.82. The van der Waals surface area contributed by atoms with Crippen molar-refractivity contribution in [2.24, 2.45) is 0 Å². The molecule has 0 bridgehead atoms. The number of fused-ring (bicyclic) bond motifs is 1. The zero-order chi connectivity index (χ0) is 16.6. The van der Waals surface area contributed by atoms with Crippen molar-refractivity contribution in [3.05, 3.63) is 29.7 Å². The first kappa shape index (κ1) is 15.5. The summed E-state index contributed by atoms with van der Waals surface area (Å²) < 4.78 is 1.70. The molecule has 0 N–H and O–H groups in total. The molecule has 2 aromatic heterocycles. The van der Waals surface area contributed by atoms with Crippen LogP contribution in [-0.2, 0) is 4.79 Å². The second kappa shape index (κ2) is 5.98. The van der Waals surface area contributed by atoms with Crippen molar-refractivity contribution < 1.29 is 9.59 Å². The zero-order valence-corrected chi connectivity index (χ0v) is 13.7. The lowest BCUT2D eigenvalue weighted by Gasteiger charge is -2.35. The van der Waals surface area contributed by atoms with Crippen molar-refractivity contribution in [2.45, 2.75) is 32.2 Å². The summed E-state index contributed by atoms with van der Waals surface area (Å²) in [6.07, 6.45) is 6.23. The Morgan fingerprint density at radius 2 is 2.09 bits per heavy atom. The molecule has 1 unspecified atom stereocenters. The number of carbonyl (C=O) groups is 2. The third-order valence-corrected chi connectivity index (χ3v) is 4.32. The quantitative estimate of drug-likeness (QED) is 0.842. The standard InChI is InChI=1S/C16H21N5O2/c1-11(22)20-9-5-4-6-13(20)14-7-8-17-15-12(10-18-21(14)15)16(23)19(2)3/h7-8,10,13H,4-6,9H2,1-3H3. The zero-order valence-electron chi connectivity index (χ0n) is 13.7. The van der Waals surface area contributed by atoms with Crippen molar-refractivity contribution in [2.75, 3.05) is 20.6 Å². The van der Waals surface area contributed by atoms with Gasteiger partial charge in [0.15, 0.2) is 5.65 Å². The fourth-order valence-electron chi connectivity index (χ4n) is 3.17. The summed E-state index contributed by atoms with van der Waals surface area (Å²) in [5.41, 5.74) is 1.92. The number of hydrogen-bond donors (Lipinski definition) is 0. The van der Waals surface area contributed by atoms with Gasteiger partial charge in [-0.15, -0.1) is 0 Å². The second-order valence-corrected chi connectivity index (χ2v) is 6.09. The van der Waals surface area contributed by atoms with Gasteiger partial charge in [-0.1, -0.05) is 0 Å². The predicted octanol–water partition coefficient (Wildman–Crippen LogP) is 1.50. The molecule has 1 aliphatic heterocycles. The molecule has 3 heterocycles. The van der Waals surface area contributed by atoms with E-state index in [9.17, 15) is 9.59 Å². The van der Waals surface area contributed by atoms with Gasteiger partial charge in [0.05, 0.1) is 17.9 Å². The van der Waals surface area contributed by atoms with Crippen LogP contribution in [0.25, 0.3) is 5.65 Å². The van der Waals surface area contributed by atoms with Crippen LogP contribution in [-0.4, -0.2) is 56.9 Å². The topological polar surface area (TPSA) is 70.8 Å². The number of likely N-dealkylation sites (tertiary alicyclic amines) is 1. The van der Waals surface area contributed by atoms with Crippen molar-refractivity contribution >= 4 is 17.5 Å². The summed E-state index contributed by atoms with van der Waals surface area (Å²) >= 11 is 0. The Morgan fingerprint density at radius 1 is 1.30 bits per heavy atom. The van der Waals surface area contributed by atoms with Crippen LogP contribution in [0.4, 0.5) is 0 Å². The molecular formula is C16H21N5O2. The lowest BCUT2D eigenvalue weighted by molar-refractivity contribution is -0.132. The minimum absolute atomic E-state index is 0.0195. The van der Waals surface area contributed by atoms with Crippen LogP contribution in [0.1, 0.15) is 48.3 Å². The van der Waals surface area contributed by atoms with Gasteiger partial charge in [0.1, 0.15) is 5.56 Å². The maximum atomic E-state index is 12.2. The van der Waals surface area contributed by atoms with E-state index in [1.54, 1.807) is 37.9 Å². The number of carbonyl (C=O) groups excluding carboxylic acids is 2. The largest absolute Gasteiger partial charge is 0.345 e. The maximum absolute atomic E-state index is 12.2. The van der Waals surface area contributed by atoms with Gasteiger partial charge in [-0.3, -0.25) is 9.59 Å². The van der Waals surface area contributed by atoms with E-state index < -0.39 is 0 Å². The average molecular weight is 315 g/mol. The summed E-state index contributed by atoms with van der Waals surface area (Å²) in [7, 11) is 3.41. The van der Waals surface area contributed by atoms with Crippen LogP contribution in [0, 0.1) is 0 Å². The summed E-state index contributed by atoms with van der Waals surface area (Å²) in [6, 6.07) is 1.87. The normalized spacial score (nSPS) is 18.2. The highest BCUT2D eigenvalue weighted by Crippen LogP contribution is 2.31. The minimum atomic E-state index is -0.128. The van der Waals surface area contributed by atoms with Gasteiger partial charge in [-0.25, -0.2) is 9.50 Å². The molecule has 3 rings (SSSR count). The fraction of sp³-hybridized carbons (Fsp3) is 0.500. The van der Waals surface area contributed by atoms with E-state index in [2.05, 4.69) is 10.1 Å². The number of nitrogens with zero attached hydrogens (tertiary/aromatic N) is 5. The van der Waals surface area contributed by atoms with E-state index in [0.717, 1.165) is 31.5 Å². The van der Waals surface area contributed by atoms with E-state index in [-0.39, 0.29) is 17.9 Å². The first-order chi connectivity index (χ1) is 11.0. The van der Waals surface area contributed by atoms with Gasteiger partial charge < -0.3 is 9.80 Å². The Balaban J connectivity index is 2.08. The summed E-state index contributed by atoms with van der Waals surface area (Å²) in [6.45, 7) is 2.36. The highest BCUT2D eigenvalue weighted by molar-refractivity contribution is 5.99. The third kappa shape index (κ3) is 2.67. The third-order valence-electron chi connectivity index (χ3n) is 4.32. The van der Waals surface area contributed by atoms with Gasteiger partial charge >= 0.3 is 0 Å². The summed E-state index contributed by atoms with van der Waals surface area (Å²) in [5, 5.41) is 4.36. The molecule has 7 heteroatoms. The SMILES string of the molecule is CC(=O)N1CCCCC1c1ccnc2c(C(=O)N(C)C)cnn12. The molecule has 23 heavy (non-hydrogen) atoms. The number of rotatable bonds is 2. The second-order valence-electron chi connectivity index (χ2n) is 6.09. The van der Waals surface area contributed by atoms with Gasteiger partial charge in [0.2, 0.25) is 5.91 Å². The van der Waals surface area contributed by atoms with Gasteiger partial charge in [-0.2, -0.15) is 5.10 Å². The smallest absolute Gasteiger partial charge is 0.258 e. The minimum Gasteiger partial charge on any atom is -0.345 e. The van der Waals surface area contributed by atoms with E-state index in [0.29, 0.717) is 11.2 Å². The molecular weight excluding hydrogens is 294 g/mol. The molecule has 0 spiro atoms. The molecule has 0 radical (unpaired) electrons. The average Bonchev–Trinajstić information content (AvgIpc) is 2.97. The van der Waals surface area contributed by atoms with E-state index in [1.807, 2.05) is 11.0 Å². The molecule has 0 aromatic carbocycles. The number of piperidine rings is 1. The number of hydrogen-bond acceptors (Lipinski definition) is 4. The number of aromatic nitrogens is 3. The summed E-state index contributed by atoms with van der Waals surface area (Å²) in [5.74, 6) is -0.0619. The highest BCUT2D eigenvalue weighted by atomic mass is 16.2. The Morgan fingerprint density at radius 3 is 2.78 bits per heavy atom. The molecule has 7 nitrogen and oxygen atoms in total. The molecule has 0 aliphatic carbocycles. The van der Waals surface area contributed by atoms with Gasteiger partial charge in [0.25, 0.3) is 5.91 Å². The molecule has 1 saturated heterocycles.